The normalized spacial score (nSPS) is 14.3. The van der Waals surface area contributed by atoms with Crippen LogP contribution in [0.1, 0.15) is 48.2 Å². The second-order valence-electron chi connectivity index (χ2n) is 7.71. The number of aryl methyl sites for hydroxylation is 1. The van der Waals surface area contributed by atoms with Gasteiger partial charge >= 0.3 is 0 Å². The van der Waals surface area contributed by atoms with E-state index in [0.717, 1.165) is 31.2 Å². The first-order valence-electron chi connectivity index (χ1n) is 10.2. The summed E-state index contributed by atoms with van der Waals surface area (Å²) >= 11 is 0. The molecule has 1 aliphatic carbocycles. The molecule has 8 nitrogen and oxygen atoms in total. The van der Waals surface area contributed by atoms with Crippen LogP contribution in [-0.4, -0.2) is 47.8 Å². The maximum atomic E-state index is 12.9. The largest absolute Gasteiger partial charge is 0.493 e. The predicted molar refractivity (Wildman–Crippen MR) is 114 cm³/mol. The number of amides is 2. The van der Waals surface area contributed by atoms with Gasteiger partial charge in [-0.2, -0.15) is 5.10 Å². The highest BCUT2D eigenvalue weighted by atomic mass is 16.5. The number of aromatic nitrogens is 2. The zero-order chi connectivity index (χ0) is 21.7. The lowest BCUT2D eigenvalue weighted by Crippen LogP contribution is -2.26. The molecule has 0 radical (unpaired) electrons. The van der Waals surface area contributed by atoms with Gasteiger partial charge in [0.2, 0.25) is 5.91 Å². The van der Waals surface area contributed by atoms with Gasteiger partial charge in [-0.05, 0) is 30.5 Å². The van der Waals surface area contributed by atoms with Crippen LogP contribution in [0.15, 0.2) is 24.3 Å². The molecule has 1 aromatic heterocycles. The van der Waals surface area contributed by atoms with Gasteiger partial charge in [-0.1, -0.05) is 25.3 Å². The Bertz CT molecular complexity index is 903. The molecule has 162 valence electrons. The number of rotatable bonds is 7. The summed E-state index contributed by atoms with van der Waals surface area (Å²) in [4.78, 5) is 27.0. The fraction of sp³-hybridized carbons (Fsp3) is 0.500. The molecule has 0 atom stereocenters. The molecule has 2 aromatic rings. The van der Waals surface area contributed by atoms with E-state index in [2.05, 4.69) is 10.4 Å². The Morgan fingerprint density at radius 3 is 2.50 bits per heavy atom. The van der Waals surface area contributed by atoms with E-state index >= 15 is 0 Å². The van der Waals surface area contributed by atoms with Gasteiger partial charge in [0.25, 0.3) is 5.91 Å². The van der Waals surface area contributed by atoms with Gasteiger partial charge in [0.15, 0.2) is 17.2 Å². The van der Waals surface area contributed by atoms with Crippen LogP contribution in [0.3, 0.4) is 0 Å². The molecule has 1 fully saturated rings. The van der Waals surface area contributed by atoms with E-state index in [1.54, 1.807) is 39.3 Å². The van der Waals surface area contributed by atoms with Gasteiger partial charge in [-0.15, -0.1) is 0 Å². The van der Waals surface area contributed by atoms with Crippen LogP contribution in [0.5, 0.6) is 11.5 Å². The summed E-state index contributed by atoms with van der Waals surface area (Å²) < 4.78 is 12.1. The fourth-order valence-electron chi connectivity index (χ4n) is 3.80. The first-order valence-corrected chi connectivity index (χ1v) is 10.2. The van der Waals surface area contributed by atoms with Crippen LogP contribution in [0.25, 0.3) is 0 Å². The fourth-order valence-corrected chi connectivity index (χ4v) is 3.80. The number of ether oxygens (including phenoxy) is 2. The Morgan fingerprint density at radius 1 is 1.13 bits per heavy atom. The lowest BCUT2D eigenvalue weighted by atomic mass is 9.89. The lowest BCUT2D eigenvalue weighted by Gasteiger charge is -2.20. The first kappa shape index (κ1) is 21.7. The number of nitrogens with zero attached hydrogens (tertiary/aromatic N) is 3. The molecule has 0 bridgehead atoms. The third-order valence-electron chi connectivity index (χ3n) is 5.54. The maximum Gasteiger partial charge on any atom is 0.274 e. The third kappa shape index (κ3) is 4.93. The molecule has 1 N–H and O–H groups in total. The Hall–Kier alpha value is -3.03. The van der Waals surface area contributed by atoms with Gasteiger partial charge in [-0.3, -0.25) is 14.3 Å². The molecule has 0 spiro atoms. The average Bonchev–Trinajstić information content (AvgIpc) is 3.13. The smallest absolute Gasteiger partial charge is 0.274 e. The van der Waals surface area contributed by atoms with Crippen molar-refractivity contribution in [3.05, 3.63) is 35.5 Å². The van der Waals surface area contributed by atoms with Crippen molar-refractivity contribution in [2.24, 2.45) is 13.0 Å². The standard InChI is InChI=1S/C22H30N4O4/c1-25(14-15-10-11-18(29-3)19(12-15)30-4)22(28)17-13-20(26(2)24-17)23-21(27)16-8-6-5-7-9-16/h10-13,16H,5-9,14H2,1-4H3,(H,23,27). The Morgan fingerprint density at radius 2 is 1.83 bits per heavy atom. The van der Waals surface area contributed by atoms with Crippen LogP contribution in [-0.2, 0) is 18.4 Å². The van der Waals surface area contributed by atoms with E-state index in [0.29, 0.717) is 29.6 Å². The highest BCUT2D eigenvalue weighted by Gasteiger charge is 2.23. The summed E-state index contributed by atoms with van der Waals surface area (Å²) in [6.45, 7) is 0.388. The number of carbonyl (C=O) groups excluding carboxylic acids is 2. The van der Waals surface area contributed by atoms with Gasteiger partial charge in [-0.25, -0.2) is 0 Å². The first-order chi connectivity index (χ1) is 14.4. The maximum absolute atomic E-state index is 12.9. The molecule has 8 heteroatoms. The van der Waals surface area contributed by atoms with Crippen LogP contribution in [0.2, 0.25) is 0 Å². The van der Waals surface area contributed by atoms with Gasteiger partial charge in [0.1, 0.15) is 5.82 Å². The SMILES string of the molecule is COc1ccc(CN(C)C(=O)c2cc(NC(=O)C3CCCCC3)n(C)n2)cc1OC. The van der Waals surface area contributed by atoms with Crippen molar-refractivity contribution in [3.63, 3.8) is 0 Å². The number of carbonyl (C=O) groups is 2. The number of hydrogen-bond acceptors (Lipinski definition) is 5. The number of anilines is 1. The van der Waals surface area contributed by atoms with Crippen LogP contribution < -0.4 is 14.8 Å². The van der Waals surface area contributed by atoms with Crippen LogP contribution in [0, 0.1) is 5.92 Å². The summed E-state index contributed by atoms with van der Waals surface area (Å²) in [5.41, 5.74) is 1.20. The zero-order valence-corrected chi connectivity index (χ0v) is 18.1. The number of nitrogens with one attached hydrogen (secondary N) is 1. The second-order valence-corrected chi connectivity index (χ2v) is 7.71. The van der Waals surface area contributed by atoms with E-state index in [9.17, 15) is 9.59 Å². The van der Waals surface area contributed by atoms with Crippen molar-refractivity contribution in [1.29, 1.82) is 0 Å². The summed E-state index contributed by atoms with van der Waals surface area (Å²) in [7, 11) is 6.60. The topological polar surface area (TPSA) is 85.7 Å². The molecule has 2 amide bonds. The van der Waals surface area contributed by atoms with E-state index in [4.69, 9.17) is 9.47 Å². The average molecular weight is 415 g/mol. The van der Waals surface area contributed by atoms with E-state index in [1.165, 1.54) is 11.1 Å². The minimum Gasteiger partial charge on any atom is -0.493 e. The quantitative estimate of drug-likeness (QED) is 0.752. The van der Waals surface area contributed by atoms with Crippen LogP contribution in [0.4, 0.5) is 5.82 Å². The molecule has 1 aliphatic rings. The zero-order valence-electron chi connectivity index (χ0n) is 18.1. The molecule has 1 saturated carbocycles. The van der Waals surface area contributed by atoms with Gasteiger partial charge in [0.05, 0.1) is 14.2 Å². The molecular formula is C22H30N4O4. The lowest BCUT2D eigenvalue weighted by molar-refractivity contribution is -0.120. The van der Waals surface area contributed by atoms with Crippen LogP contribution >= 0.6 is 0 Å². The van der Waals surface area contributed by atoms with Crippen molar-refractivity contribution >= 4 is 17.6 Å². The third-order valence-corrected chi connectivity index (χ3v) is 5.54. The summed E-state index contributed by atoms with van der Waals surface area (Å²) in [5, 5.41) is 7.23. The molecule has 1 heterocycles. The Balaban J connectivity index is 1.66. The van der Waals surface area contributed by atoms with E-state index in [1.807, 2.05) is 18.2 Å². The minimum absolute atomic E-state index is 0.00961. The highest BCUT2D eigenvalue weighted by Crippen LogP contribution is 2.28. The Kier molecular flexibility index (Phi) is 6.97. The van der Waals surface area contributed by atoms with E-state index < -0.39 is 0 Å². The number of benzene rings is 1. The summed E-state index contributed by atoms with van der Waals surface area (Å²) in [6, 6.07) is 7.18. The van der Waals surface area contributed by atoms with Crippen molar-refractivity contribution in [2.75, 3.05) is 26.6 Å². The highest BCUT2D eigenvalue weighted by molar-refractivity contribution is 5.96. The van der Waals surface area contributed by atoms with Crippen molar-refractivity contribution in [1.82, 2.24) is 14.7 Å². The minimum atomic E-state index is -0.224. The molecule has 30 heavy (non-hydrogen) atoms. The second kappa shape index (κ2) is 9.65. The van der Waals surface area contributed by atoms with Gasteiger partial charge < -0.3 is 19.7 Å². The Labute approximate surface area is 177 Å². The number of hydrogen-bond donors (Lipinski definition) is 1. The van der Waals surface area contributed by atoms with Crippen molar-refractivity contribution in [3.8, 4) is 11.5 Å². The molecular weight excluding hydrogens is 384 g/mol. The number of methoxy groups -OCH3 is 2. The van der Waals surface area contributed by atoms with Gasteiger partial charge in [0, 0.05) is 32.6 Å². The summed E-state index contributed by atoms with van der Waals surface area (Å²) in [5.74, 6) is 1.61. The molecule has 3 rings (SSSR count). The summed E-state index contributed by atoms with van der Waals surface area (Å²) in [6.07, 6.45) is 5.22. The van der Waals surface area contributed by atoms with Crippen molar-refractivity contribution in [2.45, 2.75) is 38.6 Å². The molecule has 0 unspecified atom stereocenters. The molecule has 0 aliphatic heterocycles. The monoisotopic (exact) mass is 414 g/mol. The predicted octanol–water partition coefficient (Wildman–Crippen LogP) is 3.23. The molecule has 0 saturated heterocycles. The van der Waals surface area contributed by atoms with E-state index in [-0.39, 0.29) is 17.7 Å². The molecule has 1 aromatic carbocycles. The van der Waals surface area contributed by atoms with Crippen molar-refractivity contribution < 1.29 is 19.1 Å².